The number of allylic oxidation sites excluding steroid dienone is 5. The van der Waals surface area contributed by atoms with Crippen molar-refractivity contribution in [1.82, 2.24) is 0 Å². The summed E-state index contributed by atoms with van der Waals surface area (Å²) >= 11 is 0. The summed E-state index contributed by atoms with van der Waals surface area (Å²) in [5.74, 6) is 3.45. The summed E-state index contributed by atoms with van der Waals surface area (Å²) in [4.78, 5) is 0. The maximum atomic E-state index is 10.2. The van der Waals surface area contributed by atoms with Crippen molar-refractivity contribution < 1.29 is 10.2 Å². The van der Waals surface area contributed by atoms with Gasteiger partial charge >= 0.3 is 0 Å². The Morgan fingerprint density at radius 3 is 2.55 bits per heavy atom. The van der Waals surface area contributed by atoms with Gasteiger partial charge in [0.25, 0.3) is 0 Å². The lowest BCUT2D eigenvalue weighted by molar-refractivity contribution is 0.0862. The zero-order valence-corrected chi connectivity index (χ0v) is 20.6. The SMILES string of the molecule is C=C1/C(=C\C=C2/CCC[C@]3(C)C([C@H](C)C=CC(CC)C(C)C)CC[C@@H]23)C[C@@H](O)C[C@@H]1O. The molecule has 3 saturated carbocycles. The minimum atomic E-state index is -0.605. The van der Waals surface area contributed by atoms with E-state index in [0.717, 1.165) is 17.1 Å². The molecule has 0 bridgehead atoms. The van der Waals surface area contributed by atoms with Crippen LogP contribution in [0.1, 0.15) is 86.0 Å². The Hall–Kier alpha value is -1.12. The van der Waals surface area contributed by atoms with Crippen molar-refractivity contribution >= 4 is 0 Å². The van der Waals surface area contributed by atoms with Crippen LogP contribution in [0.5, 0.6) is 0 Å². The summed E-state index contributed by atoms with van der Waals surface area (Å²) in [6.07, 6.45) is 17.1. The summed E-state index contributed by atoms with van der Waals surface area (Å²) < 4.78 is 0. The summed E-state index contributed by atoms with van der Waals surface area (Å²) in [7, 11) is 0. The number of aliphatic hydroxyl groups excluding tert-OH is 2. The second-order valence-electron chi connectivity index (χ2n) is 11.2. The summed E-state index contributed by atoms with van der Waals surface area (Å²) in [5.41, 5.74) is 3.78. The van der Waals surface area contributed by atoms with E-state index in [-0.39, 0.29) is 0 Å². The Morgan fingerprint density at radius 1 is 1.13 bits per heavy atom. The van der Waals surface area contributed by atoms with Gasteiger partial charge in [-0.2, -0.15) is 0 Å². The Bertz CT molecular complexity index is 727. The molecule has 3 aliphatic carbocycles. The van der Waals surface area contributed by atoms with E-state index in [2.05, 4.69) is 65.5 Å². The molecule has 0 amide bonds. The molecule has 2 nitrogen and oxygen atoms in total. The maximum absolute atomic E-state index is 10.2. The van der Waals surface area contributed by atoms with E-state index < -0.39 is 12.2 Å². The molecule has 3 rings (SSSR count). The minimum absolute atomic E-state index is 0.383. The highest BCUT2D eigenvalue weighted by molar-refractivity contribution is 5.38. The minimum Gasteiger partial charge on any atom is -0.393 e. The van der Waals surface area contributed by atoms with Crippen molar-refractivity contribution in [1.29, 1.82) is 0 Å². The largest absolute Gasteiger partial charge is 0.393 e. The number of hydrogen-bond donors (Lipinski definition) is 2. The van der Waals surface area contributed by atoms with Gasteiger partial charge in [-0.1, -0.05) is 71.1 Å². The first-order valence-corrected chi connectivity index (χ1v) is 12.8. The molecule has 0 aromatic rings. The highest BCUT2D eigenvalue weighted by atomic mass is 16.3. The predicted octanol–water partition coefficient (Wildman–Crippen LogP) is 7.00. The smallest absolute Gasteiger partial charge is 0.0811 e. The van der Waals surface area contributed by atoms with E-state index in [9.17, 15) is 10.2 Å². The fourth-order valence-electron chi connectivity index (χ4n) is 6.89. The van der Waals surface area contributed by atoms with Crippen LogP contribution in [0, 0.1) is 35.0 Å². The number of hydrogen-bond acceptors (Lipinski definition) is 2. The van der Waals surface area contributed by atoms with Gasteiger partial charge < -0.3 is 10.2 Å². The second-order valence-corrected chi connectivity index (χ2v) is 11.2. The molecule has 174 valence electrons. The molecular formula is C29H46O2. The molecule has 2 N–H and O–H groups in total. The van der Waals surface area contributed by atoms with E-state index in [4.69, 9.17) is 0 Å². The lowest BCUT2D eigenvalue weighted by Gasteiger charge is -2.44. The first kappa shape index (κ1) is 24.5. The zero-order chi connectivity index (χ0) is 22.8. The van der Waals surface area contributed by atoms with Gasteiger partial charge in [0.1, 0.15) is 0 Å². The number of aliphatic hydroxyl groups is 2. The average Bonchev–Trinajstić information content (AvgIpc) is 3.07. The van der Waals surface area contributed by atoms with Crippen molar-refractivity contribution in [3.8, 4) is 0 Å². The molecule has 0 heterocycles. The molecule has 3 aliphatic rings. The molecule has 0 saturated heterocycles. The quantitative estimate of drug-likeness (QED) is 0.449. The molecule has 0 radical (unpaired) electrons. The molecule has 31 heavy (non-hydrogen) atoms. The van der Waals surface area contributed by atoms with Crippen LogP contribution >= 0.6 is 0 Å². The van der Waals surface area contributed by atoms with Crippen LogP contribution in [0.25, 0.3) is 0 Å². The molecule has 0 aliphatic heterocycles. The van der Waals surface area contributed by atoms with Crippen molar-refractivity contribution in [2.24, 2.45) is 35.0 Å². The fraction of sp³-hybridized carbons (Fsp3) is 0.724. The van der Waals surface area contributed by atoms with Gasteiger partial charge in [-0.3, -0.25) is 0 Å². The van der Waals surface area contributed by atoms with Crippen molar-refractivity contribution in [3.05, 3.63) is 47.6 Å². The molecule has 0 spiro atoms. The van der Waals surface area contributed by atoms with Crippen LogP contribution < -0.4 is 0 Å². The Balaban J connectivity index is 1.76. The van der Waals surface area contributed by atoms with Crippen LogP contribution in [0.4, 0.5) is 0 Å². The van der Waals surface area contributed by atoms with Gasteiger partial charge in [0.05, 0.1) is 12.2 Å². The van der Waals surface area contributed by atoms with Gasteiger partial charge in [-0.15, -0.1) is 0 Å². The van der Waals surface area contributed by atoms with Crippen molar-refractivity contribution in [2.75, 3.05) is 0 Å². The van der Waals surface area contributed by atoms with E-state index >= 15 is 0 Å². The maximum Gasteiger partial charge on any atom is 0.0811 e. The monoisotopic (exact) mass is 426 g/mol. The summed E-state index contributed by atoms with van der Waals surface area (Å²) in [6.45, 7) is 16.0. The topological polar surface area (TPSA) is 40.5 Å². The van der Waals surface area contributed by atoms with Crippen molar-refractivity contribution in [2.45, 2.75) is 98.2 Å². The van der Waals surface area contributed by atoms with E-state index in [0.29, 0.717) is 41.9 Å². The lowest BCUT2D eigenvalue weighted by Crippen LogP contribution is -2.35. The molecular weight excluding hydrogens is 380 g/mol. The first-order valence-electron chi connectivity index (χ1n) is 12.8. The third-order valence-electron chi connectivity index (χ3n) is 8.93. The highest BCUT2D eigenvalue weighted by Gasteiger charge is 2.50. The first-order chi connectivity index (χ1) is 14.7. The average molecular weight is 427 g/mol. The van der Waals surface area contributed by atoms with Crippen LogP contribution in [0.2, 0.25) is 0 Å². The van der Waals surface area contributed by atoms with Gasteiger partial charge in [-0.05, 0) is 91.1 Å². The normalized spacial score (nSPS) is 38.9. The van der Waals surface area contributed by atoms with Crippen LogP contribution in [-0.4, -0.2) is 22.4 Å². The summed E-state index contributed by atoms with van der Waals surface area (Å²) in [6, 6.07) is 0. The standard InChI is InChI=1S/C29H46O2/c1-7-22(19(2)3)11-10-20(4)26-14-15-27-23(9-8-16-29(26,27)6)12-13-24-17-25(30)18-28(31)21(24)5/h10-13,19-20,22,25-28,30-31H,5,7-9,14-18H2,1-4,6H3/b11-10?,23-12+,24-13-/t20-,22?,25-,26?,27+,28+,29-/m1/s1. The van der Waals surface area contributed by atoms with Gasteiger partial charge in [-0.25, -0.2) is 0 Å². The lowest BCUT2D eigenvalue weighted by atomic mass is 9.61. The fourth-order valence-corrected chi connectivity index (χ4v) is 6.89. The Morgan fingerprint density at radius 2 is 1.87 bits per heavy atom. The third-order valence-corrected chi connectivity index (χ3v) is 8.93. The highest BCUT2D eigenvalue weighted by Crippen LogP contribution is 2.59. The molecule has 2 heteroatoms. The second kappa shape index (κ2) is 10.2. The van der Waals surface area contributed by atoms with Crippen LogP contribution in [-0.2, 0) is 0 Å². The van der Waals surface area contributed by atoms with E-state index in [1.807, 2.05) is 0 Å². The van der Waals surface area contributed by atoms with Gasteiger partial charge in [0.2, 0.25) is 0 Å². The molecule has 2 unspecified atom stereocenters. The van der Waals surface area contributed by atoms with Crippen molar-refractivity contribution in [3.63, 3.8) is 0 Å². The van der Waals surface area contributed by atoms with Gasteiger partial charge in [0.15, 0.2) is 0 Å². The molecule has 0 aromatic carbocycles. The number of rotatable bonds is 6. The molecule has 7 atom stereocenters. The molecule has 3 fully saturated rings. The third kappa shape index (κ3) is 5.28. The van der Waals surface area contributed by atoms with E-state index in [1.54, 1.807) is 5.57 Å². The van der Waals surface area contributed by atoms with E-state index in [1.165, 1.54) is 38.5 Å². The van der Waals surface area contributed by atoms with Crippen LogP contribution in [0.3, 0.4) is 0 Å². The Kier molecular flexibility index (Phi) is 8.08. The van der Waals surface area contributed by atoms with Crippen LogP contribution in [0.15, 0.2) is 47.6 Å². The predicted molar refractivity (Wildman–Crippen MR) is 132 cm³/mol. The number of fused-ring (bicyclic) bond motifs is 1. The zero-order valence-electron chi connectivity index (χ0n) is 20.6. The Labute approximate surface area is 191 Å². The summed E-state index contributed by atoms with van der Waals surface area (Å²) in [5, 5.41) is 20.2. The molecule has 0 aromatic heterocycles. The van der Waals surface area contributed by atoms with Gasteiger partial charge in [0, 0.05) is 6.42 Å².